The van der Waals surface area contributed by atoms with Crippen molar-refractivity contribution in [3.8, 4) is 0 Å². The third kappa shape index (κ3) is 7.72. The molecule has 4 nitrogen and oxygen atoms in total. The maximum atomic E-state index is 13.4. The zero-order chi connectivity index (χ0) is 23.5. The van der Waals surface area contributed by atoms with Crippen LogP contribution >= 0.6 is 0 Å². The molecule has 2 aliphatic carbocycles. The van der Waals surface area contributed by atoms with Crippen molar-refractivity contribution >= 4 is 11.7 Å². The number of carbonyl (C=O) groups is 2. The molecule has 32 heavy (non-hydrogen) atoms. The first-order valence-electron chi connectivity index (χ1n) is 12.8. The van der Waals surface area contributed by atoms with Crippen molar-refractivity contribution in [2.24, 2.45) is 35.5 Å². The number of hydrogen-bond acceptors (Lipinski definition) is 3. The van der Waals surface area contributed by atoms with Gasteiger partial charge in [-0.15, -0.1) is 0 Å². The van der Waals surface area contributed by atoms with E-state index >= 15 is 0 Å². The molecule has 7 unspecified atom stereocenters. The molecule has 1 fully saturated rings. The molecule has 0 aromatic heterocycles. The standard InChI is InChI=1S/C28H45NO3/c1-5-7-8-9-10-11-13-24(19-30)29-26(32)18-25(31)28-22(12-6-2)14-15-23-17-20(3)16-21(4)27(23)28/h6,10-12,14-15,20-24,27-28,30H,5,7-9,13,16-19H2,1-4H3,(H,29,32)/b11-10+,12-6+. The van der Waals surface area contributed by atoms with Gasteiger partial charge in [0.05, 0.1) is 19.1 Å². The van der Waals surface area contributed by atoms with E-state index in [2.05, 4.69) is 50.4 Å². The number of aliphatic hydroxyl groups excluding tert-OH is 1. The minimum absolute atomic E-state index is 0.0400. The Morgan fingerprint density at radius 2 is 1.94 bits per heavy atom. The molecule has 7 atom stereocenters. The van der Waals surface area contributed by atoms with Crippen LogP contribution in [0.3, 0.4) is 0 Å². The highest BCUT2D eigenvalue weighted by Gasteiger charge is 2.45. The number of allylic oxidation sites excluding steroid dienone is 5. The number of nitrogens with one attached hydrogen (secondary N) is 1. The van der Waals surface area contributed by atoms with Gasteiger partial charge in [0, 0.05) is 11.8 Å². The number of ketones is 1. The maximum absolute atomic E-state index is 13.4. The SMILES string of the molecule is C/C=C/C1C=CC2CC(C)CC(C)C2C1C(=O)CC(=O)NC(CO)C/C=C/CCCCC. The van der Waals surface area contributed by atoms with Gasteiger partial charge in [0.25, 0.3) is 0 Å². The molecule has 2 rings (SSSR count). The van der Waals surface area contributed by atoms with Gasteiger partial charge in [-0.05, 0) is 62.7 Å². The van der Waals surface area contributed by atoms with Crippen LogP contribution < -0.4 is 5.32 Å². The molecule has 4 heteroatoms. The molecule has 0 aliphatic heterocycles. The summed E-state index contributed by atoms with van der Waals surface area (Å²) in [5, 5.41) is 12.6. The summed E-state index contributed by atoms with van der Waals surface area (Å²) in [4.78, 5) is 26.1. The average Bonchev–Trinajstić information content (AvgIpc) is 2.75. The van der Waals surface area contributed by atoms with Gasteiger partial charge in [-0.3, -0.25) is 9.59 Å². The van der Waals surface area contributed by atoms with E-state index in [9.17, 15) is 14.7 Å². The van der Waals surface area contributed by atoms with Gasteiger partial charge >= 0.3 is 0 Å². The van der Waals surface area contributed by atoms with Crippen LogP contribution in [0.15, 0.2) is 36.5 Å². The van der Waals surface area contributed by atoms with Crippen LogP contribution in [0.25, 0.3) is 0 Å². The van der Waals surface area contributed by atoms with Crippen molar-refractivity contribution in [2.45, 2.75) is 85.1 Å². The third-order valence-corrected chi connectivity index (χ3v) is 7.28. The van der Waals surface area contributed by atoms with E-state index in [0.717, 1.165) is 19.3 Å². The van der Waals surface area contributed by atoms with Crippen molar-refractivity contribution in [1.29, 1.82) is 0 Å². The molecule has 2 aliphatic rings. The first-order chi connectivity index (χ1) is 15.4. The lowest BCUT2D eigenvalue weighted by atomic mass is 9.57. The maximum Gasteiger partial charge on any atom is 0.227 e. The van der Waals surface area contributed by atoms with Gasteiger partial charge in [0.2, 0.25) is 5.91 Å². The minimum atomic E-state index is -0.336. The van der Waals surface area contributed by atoms with E-state index < -0.39 is 0 Å². The molecule has 2 N–H and O–H groups in total. The Morgan fingerprint density at radius 1 is 1.16 bits per heavy atom. The number of Topliss-reactive ketones (excluding diaryl/α,β-unsaturated/α-hetero) is 1. The zero-order valence-corrected chi connectivity index (χ0v) is 20.6. The number of amides is 1. The fourth-order valence-corrected chi connectivity index (χ4v) is 5.87. The summed E-state index contributed by atoms with van der Waals surface area (Å²) < 4.78 is 0. The van der Waals surface area contributed by atoms with Crippen LogP contribution in [0.2, 0.25) is 0 Å². The molecular formula is C28H45NO3. The fourth-order valence-electron chi connectivity index (χ4n) is 5.87. The molecular weight excluding hydrogens is 398 g/mol. The Balaban J connectivity index is 1.98. The van der Waals surface area contributed by atoms with Crippen LogP contribution in [0, 0.1) is 35.5 Å². The summed E-state index contributed by atoms with van der Waals surface area (Å²) in [6.45, 7) is 8.63. The summed E-state index contributed by atoms with van der Waals surface area (Å²) in [7, 11) is 0. The average molecular weight is 444 g/mol. The topological polar surface area (TPSA) is 66.4 Å². The first kappa shape index (κ1) is 26.6. The van der Waals surface area contributed by atoms with Crippen LogP contribution in [-0.2, 0) is 9.59 Å². The lowest BCUT2D eigenvalue weighted by Gasteiger charge is -2.46. The van der Waals surface area contributed by atoms with Crippen LogP contribution in [0.1, 0.15) is 79.1 Å². The highest BCUT2D eigenvalue weighted by atomic mass is 16.3. The molecule has 0 aromatic carbocycles. The third-order valence-electron chi connectivity index (χ3n) is 7.28. The van der Waals surface area contributed by atoms with Gasteiger partial charge in [0.15, 0.2) is 0 Å². The molecule has 0 aromatic rings. The summed E-state index contributed by atoms with van der Waals surface area (Å²) in [5.41, 5.74) is 0. The smallest absolute Gasteiger partial charge is 0.227 e. The van der Waals surface area contributed by atoms with E-state index in [1.165, 1.54) is 19.3 Å². The predicted molar refractivity (Wildman–Crippen MR) is 132 cm³/mol. The second kappa shape index (κ2) is 13.8. The minimum Gasteiger partial charge on any atom is -0.394 e. The molecule has 0 saturated heterocycles. The summed E-state index contributed by atoms with van der Waals surface area (Å²) in [5.74, 6) is 1.58. The molecule has 1 amide bonds. The number of carbonyl (C=O) groups excluding carboxylic acids is 2. The monoisotopic (exact) mass is 443 g/mol. The van der Waals surface area contributed by atoms with Crippen molar-refractivity contribution in [3.63, 3.8) is 0 Å². The lowest BCUT2D eigenvalue weighted by Crippen LogP contribution is -2.45. The summed E-state index contributed by atoms with van der Waals surface area (Å²) >= 11 is 0. The highest BCUT2D eigenvalue weighted by molar-refractivity contribution is 5.99. The molecule has 0 radical (unpaired) electrons. The Bertz CT molecular complexity index is 680. The number of fused-ring (bicyclic) bond motifs is 1. The second-order valence-electron chi connectivity index (χ2n) is 10.1. The molecule has 0 spiro atoms. The van der Waals surface area contributed by atoms with E-state index in [-0.39, 0.29) is 42.6 Å². The van der Waals surface area contributed by atoms with Crippen molar-refractivity contribution < 1.29 is 14.7 Å². The van der Waals surface area contributed by atoms with Gasteiger partial charge in [0.1, 0.15) is 5.78 Å². The van der Waals surface area contributed by atoms with Gasteiger partial charge in [-0.2, -0.15) is 0 Å². The van der Waals surface area contributed by atoms with E-state index in [4.69, 9.17) is 0 Å². The Morgan fingerprint density at radius 3 is 2.62 bits per heavy atom. The summed E-state index contributed by atoms with van der Waals surface area (Å²) in [6.07, 6.45) is 20.2. The van der Waals surface area contributed by atoms with Crippen LogP contribution in [0.5, 0.6) is 0 Å². The lowest BCUT2D eigenvalue weighted by molar-refractivity contribution is -0.134. The van der Waals surface area contributed by atoms with Crippen molar-refractivity contribution in [3.05, 3.63) is 36.5 Å². The first-order valence-corrected chi connectivity index (χ1v) is 12.8. The van der Waals surface area contributed by atoms with Gasteiger partial charge < -0.3 is 10.4 Å². The van der Waals surface area contributed by atoms with Crippen LogP contribution in [-0.4, -0.2) is 29.4 Å². The van der Waals surface area contributed by atoms with E-state index in [0.29, 0.717) is 30.1 Å². The predicted octanol–water partition coefficient (Wildman–Crippen LogP) is 5.63. The molecule has 1 saturated carbocycles. The normalized spacial score (nSPS) is 31.0. The van der Waals surface area contributed by atoms with Crippen molar-refractivity contribution in [2.75, 3.05) is 6.61 Å². The van der Waals surface area contributed by atoms with E-state index in [1.807, 2.05) is 19.1 Å². The van der Waals surface area contributed by atoms with E-state index in [1.54, 1.807) is 0 Å². The van der Waals surface area contributed by atoms with Crippen LogP contribution in [0.4, 0.5) is 0 Å². The quantitative estimate of drug-likeness (QED) is 0.233. The fraction of sp³-hybridized carbons (Fsp3) is 0.714. The largest absolute Gasteiger partial charge is 0.394 e. The number of hydrogen-bond donors (Lipinski definition) is 2. The second-order valence-corrected chi connectivity index (χ2v) is 10.1. The Kier molecular flexibility index (Phi) is 11.4. The van der Waals surface area contributed by atoms with Gasteiger partial charge in [-0.25, -0.2) is 0 Å². The van der Waals surface area contributed by atoms with Crippen molar-refractivity contribution in [1.82, 2.24) is 5.32 Å². The zero-order valence-electron chi connectivity index (χ0n) is 20.6. The number of rotatable bonds is 12. The molecule has 180 valence electrons. The Labute approximate surface area is 195 Å². The summed E-state index contributed by atoms with van der Waals surface area (Å²) in [6, 6.07) is -0.336. The Hall–Kier alpha value is -1.68. The highest BCUT2D eigenvalue weighted by Crippen LogP contribution is 2.48. The number of aliphatic hydroxyl groups is 1. The van der Waals surface area contributed by atoms with Gasteiger partial charge in [-0.1, -0.05) is 70.1 Å². The molecule has 0 bridgehead atoms. The molecule has 0 heterocycles. The number of unbranched alkanes of at least 4 members (excludes halogenated alkanes) is 3.